The maximum atomic E-state index is 5.94. The number of halogens is 1. The van der Waals surface area contributed by atoms with Crippen LogP contribution in [-0.4, -0.2) is 19.1 Å². The van der Waals surface area contributed by atoms with Gasteiger partial charge in [-0.1, -0.05) is 26.0 Å². The molecule has 124 valence electrons. The van der Waals surface area contributed by atoms with E-state index in [0.717, 1.165) is 30.4 Å². The Kier molecular flexibility index (Phi) is 8.00. The van der Waals surface area contributed by atoms with Gasteiger partial charge in [0.2, 0.25) is 0 Å². The van der Waals surface area contributed by atoms with Crippen molar-refractivity contribution < 1.29 is 4.74 Å². The van der Waals surface area contributed by atoms with E-state index in [1.165, 1.54) is 18.4 Å². The number of aliphatic imine (C=N–C) groups is 1. The van der Waals surface area contributed by atoms with Crippen molar-refractivity contribution in [3.8, 4) is 5.75 Å². The fraction of sp³-hybridized carbons (Fsp3) is 0.588. The number of benzene rings is 1. The Hall–Kier alpha value is -0.980. The van der Waals surface area contributed by atoms with Crippen LogP contribution in [0.1, 0.15) is 37.8 Å². The molecule has 5 heteroatoms. The van der Waals surface area contributed by atoms with E-state index in [2.05, 4.69) is 49.3 Å². The number of rotatable bonds is 7. The molecule has 1 aliphatic carbocycles. The molecule has 0 unspecified atom stereocenters. The summed E-state index contributed by atoms with van der Waals surface area (Å²) in [5.74, 6) is 2.75. The molecule has 0 spiro atoms. The van der Waals surface area contributed by atoms with Gasteiger partial charge in [-0.25, -0.2) is 4.99 Å². The summed E-state index contributed by atoms with van der Waals surface area (Å²) in [5, 5.41) is 3.13. The molecule has 0 heterocycles. The van der Waals surface area contributed by atoms with Crippen molar-refractivity contribution in [3.05, 3.63) is 29.3 Å². The van der Waals surface area contributed by atoms with Crippen LogP contribution in [0.2, 0.25) is 0 Å². The van der Waals surface area contributed by atoms with Crippen molar-refractivity contribution in [2.24, 2.45) is 22.6 Å². The first-order chi connectivity index (χ1) is 10.0. The average molecular weight is 417 g/mol. The summed E-state index contributed by atoms with van der Waals surface area (Å²) in [6.45, 7) is 8.58. The Labute approximate surface area is 150 Å². The van der Waals surface area contributed by atoms with Crippen LogP contribution in [0, 0.1) is 18.8 Å². The lowest BCUT2D eigenvalue weighted by atomic mass is 10.1. The van der Waals surface area contributed by atoms with Crippen LogP contribution in [0.15, 0.2) is 23.2 Å². The minimum absolute atomic E-state index is 0. The van der Waals surface area contributed by atoms with E-state index < -0.39 is 0 Å². The maximum Gasteiger partial charge on any atom is 0.188 e. The Bertz CT molecular complexity index is 499. The largest absolute Gasteiger partial charge is 0.493 e. The van der Waals surface area contributed by atoms with Crippen molar-refractivity contribution in [1.82, 2.24) is 5.32 Å². The van der Waals surface area contributed by atoms with Crippen LogP contribution in [0.5, 0.6) is 5.75 Å². The third-order valence-electron chi connectivity index (χ3n) is 3.51. The number of ether oxygens (including phenoxy) is 1. The van der Waals surface area contributed by atoms with Gasteiger partial charge >= 0.3 is 0 Å². The SMILES string of the molecule is Cc1ccc(CN=C(N)NCC(C)C)c(OCC2CC2)c1.I. The van der Waals surface area contributed by atoms with Crippen molar-refractivity contribution >= 4 is 29.9 Å². The Morgan fingerprint density at radius 1 is 1.41 bits per heavy atom. The second-order valence-electron chi connectivity index (χ2n) is 6.34. The molecule has 4 nitrogen and oxygen atoms in total. The van der Waals surface area contributed by atoms with E-state index in [9.17, 15) is 0 Å². The predicted molar refractivity (Wildman–Crippen MR) is 103 cm³/mol. The van der Waals surface area contributed by atoms with Crippen LogP contribution in [-0.2, 0) is 6.54 Å². The number of guanidine groups is 1. The normalized spacial score (nSPS) is 14.6. The molecule has 0 aliphatic heterocycles. The zero-order valence-corrected chi connectivity index (χ0v) is 16.1. The van der Waals surface area contributed by atoms with Gasteiger partial charge in [0.05, 0.1) is 13.2 Å². The number of hydrogen-bond donors (Lipinski definition) is 2. The molecule has 0 radical (unpaired) electrons. The van der Waals surface area contributed by atoms with E-state index in [1.807, 2.05) is 0 Å². The molecule has 1 aliphatic rings. The van der Waals surface area contributed by atoms with E-state index in [-0.39, 0.29) is 24.0 Å². The van der Waals surface area contributed by atoms with Crippen LogP contribution >= 0.6 is 24.0 Å². The van der Waals surface area contributed by atoms with Gasteiger partial charge in [-0.05, 0) is 43.2 Å². The number of nitrogens with zero attached hydrogens (tertiary/aromatic N) is 1. The molecule has 1 aromatic carbocycles. The third kappa shape index (κ3) is 6.85. The topological polar surface area (TPSA) is 59.6 Å². The summed E-state index contributed by atoms with van der Waals surface area (Å²) >= 11 is 0. The van der Waals surface area contributed by atoms with Gasteiger partial charge < -0.3 is 15.8 Å². The van der Waals surface area contributed by atoms with Gasteiger partial charge in [-0.15, -0.1) is 24.0 Å². The van der Waals surface area contributed by atoms with E-state index >= 15 is 0 Å². The summed E-state index contributed by atoms with van der Waals surface area (Å²) < 4.78 is 5.94. The van der Waals surface area contributed by atoms with E-state index in [1.54, 1.807) is 0 Å². The molecular weight excluding hydrogens is 389 g/mol. The Morgan fingerprint density at radius 2 is 2.14 bits per heavy atom. The lowest BCUT2D eigenvalue weighted by Crippen LogP contribution is -2.34. The summed E-state index contributed by atoms with van der Waals surface area (Å²) in [6, 6.07) is 6.26. The first-order valence-corrected chi connectivity index (χ1v) is 7.80. The van der Waals surface area contributed by atoms with Crippen molar-refractivity contribution in [1.29, 1.82) is 0 Å². The zero-order valence-electron chi connectivity index (χ0n) is 13.8. The summed E-state index contributed by atoms with van der Waals surface area (Å²) in [6.07, 6.45) is 2.59. The van der Waals surface area contributed by atoms with Gasteiger partial charge in [0.25, 0.3) is 0 Å². The smallest absolute Gasteiger partial charge is 0.188 e. The van der Waals surface area contributed by atoms with Crippen molar-refractivity contribution in [2.45, 2.75) is 40.2 Å². The quantitative estimate of drug-likeness (QED) is 0.406. The second kappa shape index (κ2) is 9.22. The zero-order chi connectivity index (χ0) is 15.2. The van der Waals surface area contributed by atoms with Crippen molar-refractivity contribution in [2.75, 3.05) is 13.2 Å². The highest BCUT2D eigenvalue weighted by atomic mass is 127. The minimum atomic E-state index is 0. The monoisotopic (exact) mass is 417 g/mol. The fourth-order valence-electron chi connectivity index (χ4n) is 1.95. The highest BCUT2D eigenvalue weighted by Crippen LogP contribution is 2.30. The molecule has 0 atom stereocenters. The van der Waals surface area contributed by atoms with Gasteiger partial charge in [0.1, 0.15) is 5.75 Å². The lowest BCUT2D eigenvalue weighted by Gasteiger charge is -2.12. The summed E-state index contributed by atoms with van der Waals surface area (Å²) in [5.41, 5.74) is 8.18. The summed E-state index contributed by atoms with van der Waals surface area (Å²) in [4.78, 5) is 4.40. The number of aryl methyl sites for hydroxylation is 1. The van der Waals surface area contributed by atoms with E-state index in [4.69, 9.17) is 10.5 Å². The van der Waals surface area contributed by atoms with Gasteiger partial charge in [-0.3, -0.25) is 0 Å². The molecule has 0 amide bonds. The van der Waals surface area contributed by atoms with Gasteiger partial charge in [0.15, 0.2) is 5.96 Å². The summed E-state index contributed by atoms with van der Waals surface area (Å²) in [7, 11) is 0. The number of hydrogen-bond acceptors (Lipinski definition) is 2. The second-order valence-corrected chi connectivity index (χ2v) is 6.34. The van der Waals surface area contributed by atoms with Gasteiger partial charge in [-0.2, -0.15) is 0 Å². The molecule has 3 N–H and O–H groups in total. The molecular formula is C17H28IN3O. The predicted octanol–water partition coefficient (Wildman–Crippen LogP) is 3.46. The fourth-order valence-corrected chi connectivity index (χ4v) is 1.95. The highest BCUT2D eigenvalue weighted by Gasteiger charge is 2.22. The maximum absolute atomic E-state index is 5.94. The lowest BCUT2D eigenvalue weighted by molar-refractivity contribution is 0.296. The standard InChI is InChI=1S/C17H27N3O.HI/c1-12(2)9-19-17(18)20-10-15-7-4-13(3)8-16(15)21-11-14-5-6-14;/h4,7-8,12,14H,5-6,9-11H2,1-3H3,(H3,18,19,20);1H. The average Bonchev–Trinajstić information content (AvgIpc) is 3.26. The van der Waals surface area contributed by atoms with Gasteiger partial charge in [0, 0.05) is 12.1 Å². The van der Waals surface area contributed by atoms with Crippen LogP contribution in [0.4, 0.5) is 0 Å². The molecule has 0 aromatic heterocycles. The molecule has 2 rings (SSSR count). The molecule has 1 saturated carbocycles. The molecule has 0 saturated heterocycles. The molecule has 1 fully saturated rings. The Balaban J connectivity index is 0.00000242. The third-order valence-corrected chi connectivity index (χ3v) is 3.51. The van der Waals surface area contributed by atoms with Crippen LogP contribution in [0.25, 0.3) is 0 Å². The van der Waals surface area contributed by atoms with E-state index in [0.29, 0.717) is 18.4 Å². The van der Waals surface area contributed by atoms with Crippen LogP contribution in [0.3, 0.4) is 0 Å². The molecule has 0 bridgehead atoms. The first-order valence-electron chi connectivity index (χ1n) is 7.80. The Morgan fingerprint density at radius 3 is 2.77 bits per heavy atom. The highest BCUT2D eigenvalue weighted by molar-refractivity contribution is 14.0. The van der Waals surface area contributed by atoms with Crippen molar-refractivity contribution in [3.63, 3.8) is 0 Å². The first kappa shape index (κ1) is 19.1. The molecule has 1 aromatic rings. The number of nitrogens with two attached hydrogens (primary N) is 1. The number of nitrogens with one attached hydrogen (secondary N) is 1. The van der Waals surface area contributed by atoms with Crippen LogP contribution < -0.4 is 15.8 Å². The minimum Gasteiger partial charge on any atom is -0.493 e. The molecule has 22 heavy (non-hydrogen) atoms.